The number of hydrogen-bond acceptors (Lipinski definition) is 5. The summed E-state index contributed by atoms with van der Waals surface area (Å²) >= 11 is 0. The van der Waals surface area contributed by atoms with E-state index in [0.29, 0.717) is 49.3 Å². The highest BCUT2D eigenvalue weighted by molar-refractivity contribution is 6.33. The third-order valence-electron chi connectivity index (χ3n) is 3.32. The number of carbonyl (C=O) groups excluding carboxylic acids is 1. The number of fused-ring (bicyclic) bond motifs is 1. The van der Waals surface area contributed by atoms with Crippen LogP contribution in [0, 0.1) is 0 Å². The number of carbonyl (C=O) groups is 1. The summed E-state index contributed by atoms with van der Waals surface area (Å²) in [5.41, 5.74) is 0.726. The maximum absolute atomic E-state index is 12.2. The van der Waals surface area contributed by atoms with Gasteiger partial charge >= 0.3 is 0 Å². The van der Waals surface area contributed by atoms with Crippen molar-refractivity contribution in [2.75, 3.05) is 31.2 Å². The molecule has 0 spiro atoms. The van der Waals surface area contributed by atoms with Gasteiger partial charge in [-0.3, -0.25) is 9.59 Å². The second kappa shape index (κ2) is 5.13. The van der Waals surface area contributed by atoms with E-state index in [1.54, 1.807) is 0 Å². The first kappa shape index (κ1) is 12.9. The number of rotatable bonds is 2. The summed E-state index contributed by atoms with van der Waals surface area (Å²) in [4.78, 5) is 25.2. The Labute approximate surface area is 116 Å². The van der Waals surface area contributed by atoms with Crippen LogP contribution in [0.25, 0.3) is 11.0 Å². The van der Waals surface area contributed by atoms with E-state index >= 15 is 0 Å². The second-order valence-electron chi connectivity index (χ2n) is 4.65. The Balaban J connectivity index is 2.19. The Kier molecular flexibility index (Phi) is 3.32. The van der Waals surface area contributed by atoms with Gasteiger partial charge in [-0.25, -0.2) is 0 Å². The first-order valence-electron chi connectivity index (χ1n) is 6.34. The van der Waals surface area contributed by atoms with Gasteiger partial charge in [-0.2, -0.15) is 0 Å². The molecule has 1 aliphatic rings. The van der Waals surface area contributed by atoms with Crippen molar-refractivity contribution in [3.8, 4) is 0 Å². The van der Waals surface area contributed by atoms with Crippen molar-refractivity contribution >= 4 is 36.4 Å². The minimum absolute atomic E-state index is 0.205. The lowest BCUT2D eigenvalue weighted by atomic mass is 9.92. The maximum Gasteiger partial charge on any atom is 0.200 e. The number of benzene rings is 1. The normalized spacial score (nSPS) is 15.5. The number of morpholine rings is 1. The number of hydrogen-bond donors (Lipinski definition) is 0. The Hall–Kier alpha value is -2.08. The van der Waals surface area contributed by atoms with E-state index in [1.807, 2.05) is 4.90 Å². The van der Waals surface area contributed by atoms with Crippen LogP contribution in [0.4, 0.5) is 5.88 Å². The number of anilines is 1. The summed E-state index contributed by atoms with van der Waals surface area (Å²) in [6.45, 7) is 2.48. The fourth-order valence-electron chi connectivity index (χ4n) is 2.32. The summed E-state index contributed by atoms with van der Waals surface area (Å²) in [7, 11) is 5.68. The minimum Gasteiger partial charge on any atom is -0.440 e. The summed E-state index contributed by atoms with van der Waals surface area (Å²) in [6.07, 6.45) is 0.644. The average Bonchev–Trinajstić information content (AvgIpc) is 2.48. The smallest absolute Gasteiger partial charge is 0.200 e. The molecule has 1 fully saturated rings. The van der Waals surface area contributed by atoms with Gasteiger partial charge in [-0.1, -0.05) is 17.6 Å². The van der Waals surface area contributed by atoms with Gasteiger partial charge in [0.1, 0.15) is 7.85 Å². The minimum atomic E-state index is -0.205. The summed E-state index contributed by atoms with van der Waals surface area (Å²) < 4.78 is 11.0. The molecule has 100 valence electrons. The molecule has 2 radical (unpaired) electrons. The Morgan fingerprint density at radius 3 is 2.65 bits per heavy atom. The van der Waals surface area contributed by atoms with Gasteiger partial charge in [0.2, 0.25) is 0 Å². The van der Waals surface area contributed by atoms with Crippen LogP contribution in [0.2, 0.25) is 0 Å². The van der Waals surface area contributed by atoms with Gasteiger partial charge in [0.25, 0.3) is 0 Å². The van der Waals surface area contributed by atoms with Gasteiger partial charge in [0, 0.05) is 19.2 Å². The second-order valence-corrected chi connectivity index (χ2v) is 4.65. The molecule has 5 nitrogen and oxygen atoms in total. The molecule has 20 heavy (non-hydrogen) atoms. The molecule has 0 N–H and O–H groups in total. The molecule has 1 saturated heterocycles. The molecular weight excluding hydrogens is 257 g/mol. The van der Waals surface area contributed by atoms with Gasteiger partial charge in [-0.05, 0) is 0 Å². The van der Waals surface area contributed by atoms with Gasteiger partial charge < -0.3 is 14.1 Å². The van der Waals surface area contributed by atoms with Crippen molar-refractivity contribution < 1.29 is 13.9 Å². The van der Waals surface area contributed by atoms with Crippen molar-refractivity contribution in [3.05, 3.63) is 34.0 Å². The molecule has 2 heterocycles. The van der Waals surface area contributed by atoms with Crippen molar-refractivity contribution in [2.45, 2.75) is 0 Å². The lowest BCUT2D eigenvalue weighted by molar-refractivity contribution is 0.112. The van der Waals surface area contributed by atoms with E-state index in [-0.39, 0.29) is 16.6 Å². The number of nitrogens with zero attached hydrogens (tertiary/aromatic N) is 1. The number of aldehydes is 1. The summed E-state index contributed by atoms with van der Waals surface area (Å²) in [5.74, 6) is 0.457. The zero-order valence-corrected chi connectivity index (χ0v) is 10.8. The largest absolute Gasteiger partial charge is 0.440 e. The van der Waals surface area contributed by atoms with Crippen molar-refractivity contribution in [3.63, 3.8) is 0 Å². The molecule has 0 bridgehead atoms. The average molecular weight is 269 g/mol. The van der Waals surface area contributed by atoms with Gasteiger partial charge in [0.05, 0.1) is 24.2 Å². The molecule has 3 rings (SSSR count). The predicted octanol–water partition coefficient (Wildman–Crippen LogP) is 0.236. The molecule has 1 aromatic carbocycles. The van der Waals surface area contributed by atoms with Gasteiger partial charge in [-0.15, -0.1) is 0 Å². The molecule has 1 aromatic heterocycles. The van der Waals surface area contributed by atoms with Crippen molar-refractivity contribution in [2.24, 2.45) is 0 Å². The first-order chi connectivity index (χ1) is 9.69. The van der Waals surface area contributed by atoms with E-state index in [2.05, 4.69) is 0 Å². The zero-order chi connectivity index (χ0) is 14.1. The van der Waals surface area contributed by atoms with Crippen molar-refractivity contribution in [1.29, 1.82) is 0 Å². The lowest BCUT2D eigenvalue weighted by Crippen LogP contribution is -2.36. The van der Waals surface area contributed by atoms with E-state index in [1.165, 1.54) is 18.2 Å². The fraction of sp³-hybridized carbons (Fsp3) is 0.286. The standard InChI is InChI=1S/C14H12BNO4/c15-10-5-9(8-17)14-11(6-10)12(18)7-13(20-14)16-1-3-19-4-2-16/h5-8H,1-4H2. The Morgan fingerprint density at radius 1 is 1.20 bits per heavy atom. The quantitative estimate of drug-likeness (QED) is 0.577. The molecule has 1 aliphatic heterocycles. The Bertz CT molecular complexity index is 719. The fourth-order valence-corrected chi connectivity index (χ4v) is 2.32. The summed E-state index contributed by atoms with van der Waals surface area (Å²) in [5, 5.41) is 0.323. The van der Waals surface area contributed by atoms with Crippen LogP contribution in [-0.2, 0) is 4.74 Å². The highest BCUT2D eigenvalue weighted by atomic mass is 16.5. The van der Waals surface area contributed by atoms with Crippen LogP contribution in [0.5, 0.6) is 0 Å². The monoisotopic (exact) mass is 269 g/mol. The van der Waals surface area contributed by atoms with Gasteiger partial charge in [0.15, 0.2) is 23.2 Å². The van der Waals surface area contributed by atoms with Crippen molar-refractivity contribution in [1.82, 2.24) is 0 Å². The Morgan fingerprint density at radius 2 is 1.95 bits per heavy atom. The zero-order valence-electron chi connectivity index (χ0n) is 10.8. The van der Waals surface area contributed by atoms with Crippen LogP contribution < -0.4 is 15.8 Å². The highest BCUT2D eigenvalue weighted by Crippen LogP contribution is 2.21. The van der Waals surface area contributed by atoms with E-state index in [0.717, 1.165) is 0 Å². The predicted molar refractivity (Wildman–Crippen MR) is 76.3 cm³/mol. The first-order valence-corrected chi connectivity index (χ1v) is 6.34. The van der Waals surface area contributed by atoms with E-state index < -0.39 is 0 Å². The van der Waals surface area contributed by atoms with E-state index in [9.17, 15) is 9.59 Å². The molecule has 0 atom stereocenters. The molecule has 6 heteroatoms. The maximum atomic E-state index is 12.2. The summed E-state index contributed by atoms with van der Waals surface area (Å²) in [6, 6.07) is 4.46. The third-order valence-corrected chi connectivity index (χ3v) is 3.32. The lowest BCUT2D eigenvalue weighted by Gasteiger charge is -2.27. The molecule has 0 amide bonds. The van der Waals surface area contributed by atoms with Crippen LogP contribution in [-0.4, -0.2) is 40.4 Å². The van der Waals surface area contributed by atoms with Crippen LogP contribution in [0.15, 0.2) is 27.4 Å². The topological polar surface area (TPSA) is 59.8 Å². The van der Waals surface area contributed by atoms with Crippen LogP contribution in [0.1, 0.15) is 10.4 Å². The molecule has 2 aromatic rings. The molecule has 0 unspecified atom stereocenters. The van der Waals surface area contributed by atoms with Crippen LogP contribution in [0.3, 0.4) is 0 Å². The molecular formula is C14H12BNO4. The number of ether oxygens (including phenoxy) is 1. The van der Waals surface area contributed by atoms with Crippen LogP contribution >= 0.6 is 0 Å². The molecule has 0 aliphatic carbocycles. The highest BCUT2D eigenvalue weighted by Gasteiger charge is 2.16. The molecule has 0 saturated carbocycles. The third kappa shape index (κ3) is 2.23. The van der Waals surface area contributed by atoms with E-state index in [4.69, 9.17) is 17.0 Å². The SMILES string of the molecule is [B]c1cc(C=O)c2oc(N3CCOCC3)cc(=O)c2c1.